The molecule has 3 amide bonds. The topological polar surface area (TPSA) is 55.9 Å². The molecule has 0 spiro atoms. The molecule has 26 heavy (non-hydrogen) atoms. The first-order valence-electron chi connectivity index (χ1n) is 10.6. The van der Waals surface area contributed by atoms with Gasteiger partial charge >= 0.3 is 6.03 Å². The van der Waals surface area contributed by atoms with Crippen molar-refractivity contribution in [2.24, 2.45) is 23.7 Å². The van der Waals surface area contributed by atoms with Crippen molar-refractivity contribution in [3.05, 3.63) is 0 Å². The Morgan fingerprint density at radius 3 is 2.23 bits per heavy atom. The zero-order chi connectivity index (χ0) is 18.1. The van der Waals surface area contributed by atoms with E-state index in [1.165, 1.54) is 25.7 Å². The molecule has 0 aromatic heterocycles. The van der Waals surface area contributed by atoms with Gasteiger partial charge in [0.15, 0.2) is 0 Å². The molecule has 4 aliphatic rings. The number of amides is 3. The van der Waals surface area contributed by atoms with Gasteiger partial charge in [0.25, 0.3) is 0 Å². The lowest BCUT2D eigenvalue weighted by atomic mass is 9.81. The third-order valence-electron chi connectivity index (χ3n) is 7.19. The smallest absolute Gasteiger partial charge is 0.317 e. The number of piperazine rings is 1. The van der Waals surface area contributed by atoms with Gasteiger partial charge in [0.1, 0.15) is 0 Å². The number of hydrogen-bond donors (Lipinski definition) is 1. The van der Waals surface area contributed by atoms with Crippen molar-refractivity contribution in [3.8, 4) is 0 Å². The highest BCUT2D eigenvalue weighted by atomic mass is 16.2. The summed E-state index contributed by atoms with van der Waals surface area (Å²) < 4.78 is 0. The molecular formula is C20H34N4O2. The lowest BCUT2D eigenvalue weighted by molar-refractivity contribution is -0.138. The third-order valence-corrected chi connectivity index (χ3v) is 7.19. The van der Waals surface area contributed by atoms with Gasteiger partial charge in [-0.15, -0.1) is 0 Å². The van der Waals surface area contributed by atoms with Crippen LogP contribution in [-0.4, -0.2) is 79.5 Å². The highest BCUT2D eigenvalue weighted by Crippen LogP contribution is 2.51. The predicted molar refractivity (Wildman–Crippen MR) is 101 cm³/mol. The summed E-state index contributed by atoms with van der Waals surface area (Å²) in [5.74, 6) is 2.97. The van der Waals surface area contributed by atoms with Crippen LogP contribution < -0.4 is 5.32 Å². The summed E-state index contributed by atoms with van der Waals surface area (Å²) in [6.07, 6.45) is 7.15. The maximum atomic E-state index is 12.7. The summed E-state index contributed by atoms with van der Waals surface area (Å²) >= 11 is 0. The van der Waals surface area contributed by atoms with E-state index >= 15 is 0 Å². The summed E-state index contributed by atoms with van der Waals surface area (Å²) in [5, 5.41) is 3.15. The number of likely N-dealkylation sites (tertiary alicyclic amines) is 1. The van der Waals surface area contributed by atoms with E-state index in [9.17, 15) is 9.59 Å². The van der Waals surface area contributed by atoms with E-state index in [1.807, 2.05) is 9.80 Å². The van der Waals surface area contributed by atoms with E-state index in [-0.39, 0.29) is 11.9 Å². The summed E-state index contributed by atoms with van der Waals surface area (Å²) in [5.41, 5.74) is 0. The van der Waals surface area contributed by atoms with E-state index in [1.54, 1.807) is 0 Å². The molecule has 0 aromatic rings. The zero-order valence-electron chi connectivity index (χ0n) is 16.2. The van der Waals surface area contributed by atoms with Crippen molar-refractivity contribution in [3.63, 3.8) is 0 Å². The molecule has 2 aliphatic carbocycles. The van der Waals surface area contributed by atoms with E-state index in [0.29, 0.717) is 19.0 Å². The molecule has 2 saturated carbocycles. The highest BCUT2D eigenvalue weighted by Gasteiger charge is 2.44. The van der Waals surface area contributed by atoms with Crippen molar-refractivity contribution in [1.29, 1.82) is 0 Å². The fourth-order valence-electron chi connectivity index (χ4n) is 4.90. The minimum Gasteiger partial charge on any atom is -0.340 e. The number of carbonyl (C=O) groups excluding carboxylic acids is 2. The van der Waals surface area contributed by atoms with Gasteiger partial charge in [-0.1, -0.05) is 19.3 Å². The Bertz CT molecular complexity index is 520. The van der Waals surface area contributed by atoms with Crippen molar-refractivity contribution < 1.29 is 9.59 Å². The monoisotopic (exact) mass is 362 g/mol. The second-order valence-electron chi connectivity index (χ2n) is 8.93. The number of rotatable bonds is 4. The first kappa shape index (κ1) is 18.1. The maximum absolute atomic E-state index is 12.7. The molecule has 2 atom stereocenters. The molecule has 4 fully saturated rings. The fraction of sp³-hybridized carbons (Fsp3) is 0.900. The molecule has 4 rings (SSSR count). The van der Waals surface area contributed by atoms with Gasteiger partial charge < -0.3 is 20.0 Å². The third kappa shape index (κ3) is 4.00. The minimum atomic E-state index is 0.0785. The Morgan fingerprint density at radius 1 is 0.923 bits per heavy atom. The van der Waals surface area contributed by atoms with Crippen LogP contribution in [0.5, 0.6) is 0 Å². The quantitative estimate of drug-likeness (QED) is 0.827. The highest BCUT2D eigenvalue weighted by molar-refractivity contribution is 5.80. The second-order valence-corrected chi connectivity index (χ2v) is 8.93. The molecule has 1 N–H and O–H groups in total. The zero-order valence-corrected chi connectivity index (χ0v) is 16.2. The molecule has 0 aromatic carbocycles. The molecular weight excluding hydrogens is 328 g/mol. The number of nitrogens with one attached hydrogen (secondary N) is 1. The molecule has 0 radical (unpaired) electrons. The molecule has 2 saturated heterocycles. The lowest BCUT2D eigenvalue weighted by Gasteiger charge is -2.37. The van der Waals surface area contributed by atoms with E-state index in [2.05, 4.69) is 17.3 Å². The van der Waals surface area contributed by atoms with Gasteiger partial charge in [-0.05, 0) is 44.1 Å². The Hall–Kier alpha value is -1.30. The van der Waals surface area contributed by atoms with Gasteiger partial charge in [0, 0.05) is 51.7 Å². The van der Waals surface area contributed by atoms with Crippen LogP contribution in [0.25, 0.3) is 0 Å². The predicted octanol–water partition coefficient (Wildman–Crippen LogP) is 1.62. The van der Waals surface area contributed by atoms with E-state index in [0.717, 1.165) is 63.3 Å². The minimum absolute atomic E-state index is 0.0785. The lowest BCUT2D eigenvalue weighted by Crippen LogP contribution is -2.51. The average Bonchev–Trinajstić information content (AvgIpc) is 3.37. The van der Waals surface area contributed by atoms with Gasteiger partial charge in [0.2, 0.25) is 5.91 Å². The molecule has 0 unspecified atom stereocenters. The van der Waals surface area contributed by atoms with Crippen LogP contribution in [0, 0.1) is 23.7 Å². The molecule has 146 valence electrons. The van der Waals surface area contributed by atoms with Crippen molar-refractivity contribution in [2.45, 2.75) is 38.5 Å². The molecule has 2 heterocycles. The second kappa shape index (κ2) is 7.75. The van der Waals surface area contributed by atoms with Crippen LogP contribution in [-0.2, 0) is 4.79 Å². The fourth-order valence-corrected chi connectivity index (χ4v) is 4.90. The number of nitrogens with zero attached hydrogens (tertiary/aromatic N) is 3. The number of carbonyl (C=O) groups is 2. The van der Waals surface area contributed by atoms with E-state index in [4.69, 9.17) is 0 Å². The van der Waals surface area contributed by atoms with Crippen LogP contribution in [0.1, 0.15) is 38.5 Å². The molecule has 6 heteroatoms. The number of likely N-dealkylation sites (N-methyl/N-ethyl adjacent to an activating group) is 1. The van der Waals surface area contributed by atoms with Crippen LogP contribution in [0.15, 0.2) is 0 Å². The largest absolute Gasteiger partial charge is 0.340 e. The van der Waals surface area contributed by atoms with Gasteiger partial charge in [0.05, 0.1) is 0 Å². The summed E-state index contributed by atoms with van der Waals surface area (Å²) in [7, 11) is 2.11. The maximum Gasteiger partial charge on any atom is 0.317 e. The summed E-state index contributed by atoms with van der Waals surface area (Å²) in [6.45, 7) is 5.91. The summed E-state index contributed by atoms with van der Waals surface area (Å²) in [4.78, 5) is 31.3. The molecule has 6 nitrogen and oxygen atoms in total. The van der Waals surface area contributed by atoms with Crippen LogP contribution in [0.3, 0.4) is 0 Å². The van der Waals surface area contributed by atoms with Gasteiger partial charge in [-0.3, -0.25) is 4.79 Å². The van der Waals surface area contributed by atoms with Crippen LogP contribution in [0.4, 0.5) is 4.79 Å². The molecule has 0 bridgehead atoms. The first-order valence-corrected chi connectivity index (χ1v) is 10.6. The first-order chi connectivity index (χ1) is 12.6. The van der Waals surface area contributed by atoms with Gasteiger partial charge in [-0.25, -0.2) is 4.79 Å². The van der Waals surface area contributed by atoms with Crippen molar-refractivity contribution >= 4 is 11.9 Å². The normalized spacial score (nSPS) is 30.8. The van der Waals surface area contributed by atoms with Crippen molar-refractivity contribution in [1.82, 2.24) is 20.0 Å². The SMILES string of the molecule is CN1CCN(C(=O)C2CCN(C(=O)NC[C@@H]3C[C@H]3C3CCC3)CC2)CC1. The van der Waals surface area contributed by atoms with Crippen molar-refractivity contribution in [2.75, 3.05) is 52.9 Å². The average molecular weight is 363 g/mol. The Kier molecular flexibility index (Phi) is 5.39. The van der Waals surface area contributed by atoms with Crippen LogP contribution >= 0.6 is 0 Å². The standard InChI is InChI=1S/C20H34N4O2/c1-22-9-11-23(12-10-22)19(25)16-5-7-24(8-6-16)20(26)21-14-17-13-18(17)15-3-2-4-15/h15-18H,2-14H2,1H3,(H,21,26)/t17-,18-/m0/s1. The Labute approximate surface area is 157 Å². The van der Waals surface area contributed by atoms with Gasteiger partial charge in [-0.2, -0.15) is 0 Å². The summed E-state index contributed by atoms with van der Waals surface area (Å²) in [6, 6.07) is 0.0785. The van der Waals surface area contributed by atoms with Crippen LogP contribution in [0.2, 0.25) is 0 Å². The molecule has 2 aliphatic heterocycles. The Morgan fingerprint density at radius 2 is 1.62 bits per heavy atom. The number of piperidine rings is 1. The van der Waals surface area contributed by atoms with E-state index < -0.39 is 0 Å². The number of urea groups is 1. The number of hydrogen-bond acceptors (Lipinski definition) is 3. The Balaban J connectivity index is 1.15.